The number of hydrogen-bond donors (Lipinski definition) is 1. The number of benzene rings is 2. The number of imidazole rings is 1. The highest BCUT2D eigenvalue weighted by Gasteiger charge is 2.35. The van der Waals surface area contributed by atoms with Crippen LogP contribution in [0.15, 0.2) is 65.8 Å². The number of nitrogens with zero attached hydrogens (tertiary/aromatic N) is 5. The monoisotopic (exact) mass is 506 g/mol. The van der Waals surface area contributed by atoms with Gasteiger partial charge in [0.2, 0.25) is 5.91 Å². The summed E-state index contributed by atoms with van der Waals surface area (Å²) >= 11 is 0.946. The number of anilines is 1. The van der Waals surface area contributed by atoms with E-state index in [4.69, 9.17) is 4.98 Å². The summed E-state index contributed by atoms with van der Waals surface area (Å²) in [6.45, 7) is 0.268. The summed E-state index contributed by atoms with van der Waals surface area (Å²) in [4.78, 5) is 42.6. The minimum Gasteiger partial charge on any atom is -0.318 e. The van der Waals surface area contributed by atoms with Crippen LogP contribution in [0.1, 0.15) is 23.0 Å². The van der Waals surface area contributed by atoms with Gasteiger partial charge in [0, 0.05) is 30.6 Å². The van der Waals surface area contributed by atoms with Gasteiger partial charge in [0.15, 0.2) is 0 Å². The lowest BCUT2D eigenvalue weighted by molar-refractivity contribution is -0.380. The first kappa shape index (κ1) is 23.3. The van der Waals surface area contributed by atoms with Crippen molar-refractivity contribution in [3.8, 4) is 0 Å². The molecule has 12 heteroatoms. The topological polar surface area (TPSA) is 123 Å². The average Bonchev–Trinajstić information content (AvgIpc) is 3.57. The van der Waals surface area contributed by atoms with Crippen LogP contribution >= 0.6 is 11.3 Å². The molecule has 0 radical (unpaired) electrons. The Labute approximate surface area is 207 Å². The number of rotatable bonds is 7. The van der Waals surface area contributed by atoms with E-state index in [1.165, 1.54) is 24.4 Å². The Morgan fingerprint density at radius 1 is 1.22 bits per heavy atom. The largest absolute Gasteiger partial charge is 0.324 e. The number of aromatic nitrogens is 2. The number of nitro groups is 1. The van der Waals surface area contributed by atoms with Crippen molar-refractivity contribution < 1.29 is 18.9 Å². The summed E-state index contributed by atoms with van der Waals surface area (Å²) in [6, 6.07) is 16.0. The quantitative estimate of drug-likeness (QED) is 0.232. The number of carbonyl (C=O) groups excluding carboxylic acids is 2. The number of thiophene rings is 1. The third-order valence-corrected chi connectivity index (χ3v) is 6.76. The Morgan fingerprint density at radius 2 is 2.00 bits per heavy atom. The molecule has 2 amide bonds. The van der Waals surface area contributed by atoms with Crippen LogP contribution in [0, 0.1) is 15.9 Å². The van der Waals surface area contributed by atoms with Crippen LogP contribution in [-0.2, 0) is 16.1 Å². The zero-order valence-corrected chi connectivity index (χ0v) is 19.5. The lowest BCUT2D eigenvalue weighted by Crippen LogP contribution is -2.26. The van der Waals surface area contributed by atoms with E-state index in [0.717, 1.165) is 16.9 Å². The molecule has 2 aromatic carbocycles. The second kappa shape index (κ2) is 9.66. The molecular formula is C24H19FN6O4S. The van der Waals surface area contributed by atoms with Crippen molar-refractivity contribution in [3.05, 3.63) is 87.3 Å². The molecule has 1 atom stereocenters. The van der Waals surface area contributed by atoms with Crippen LogP contribution in [0.4, 0.5) is 15.1 Å². The van der Waals surface area contributed by atoms with Gasteiger partial charge in [0.1, 0.15) is 18.2 Å². The van der Waals surface area contributed by atoms with Gasteiger partial charge < -0.3 is 9.47 Å². The van der Waals surface area contributed by atoms with E-state index in [0.29, 0.717) is 28.5 Å². The number of amides is 2. The van der Waals surface area contributed by atoms with Crippen LogP contribution in [0.25, 0.3) is 11.0 Å². The summed E-state index contributed by atoms with van der Waals surface area (Å²) in [5, 5.41) is 14.7. The van der Waals surface area contributed by atoms with E-state index in [9.17, 15) is 24.1 Å². The first-order chi connectivity index (χ1) is 17.4. The van der Waals surface area contributed by atoms with Crippen molar-refractivity contribution in [3.63, 3.8) is 0 Å². The fourth-order valence-electron chi connectivity index (χ4n) is 4.18. The molecule has 0 saturated carbocycles. The van der Waals surface area contributed by atoms with Gasteiger partial charge >= 0.3 is 5.00 Å². The first-order valence-corrected chi connectivity index (χ1v) is 11.8. The molecule has 1 fully saturated rings. The highest BCUT2D eigenvalue weighted by molar-refractivity contribution is 7.16. The fourth-order valence-corrected chi connectivity index (χ4v) is 4.87. The molecule has 2 aromatic heterocycles. The molecule has 1 aliphatic heterocycles. The highest BCUT2D eigenvalue weighted by Crippen LogP contribution is 2.33. The molecule has 182 valence electrons. The normalized spacial score (nSPS) is 15.8. The molecule has 0 bridgehead atoms. The predicted octanol–water partition coefficient (Wildman–Crippen LogP) is 3.82. The maximum atomic E-state index is 13.3. The van der Waals surface area contributed by atoms with Crippen molar-refractivity contribution in [2.24, 2.45) is 5.10 Å². The van der Waals surface area contributed by atoms with Crippen LogP contribution in [-0.4, -0.2) is 39.0 Å². The van der Waals surface area contributed by atoms with Crippen LogP contribution in [0.5, 0.6) is 0 Å². The van der Waals surface area contributed by atoms with Gasteiger partial charge in [-0.25, -0.2) is 14.8 Å². The Bertz CT molecular complexity index is 1500. The van der Waals surface area contributed by atoms with Gasteiger partial charge in [-0.05, 0) is 42.5 Å². The second-order valence-electron chi connectivity index (χ2n) is 8.15. The Balaban J connectivity index is 1.35. The lowest BCUT2D eigenvalue weighted by atomic mass is 10.1. The highest BCUT2D eigenvalue weighted by atomic mass is 32.1. The molecule has 5 rings (SSSR count). The van der Waals surface area contributed by atoms with Gasteiger partial charge in [-0.2, -0.15) is 5.10 Å². The van der Waals surface area contributed by atoms with Gasteiger partial charge in [-0.15, -0.1) is 0 Å². The maximum absolute atomic E-state index is 13.3. The molecular weight excluding hydrogens is 487 g/mol. The van der Waals surface area contributed by atoms with E-state index >= 15 is 0 Å². The average molecular weight is 507 g/mol. The van der Waals surface area contributed by atoms with E-state index in [2.05, 4.69) is 10.5 Å². The minimum absolute atomic E-state index is 0.0157. The zero-order chi connectivity index (χ0) is 25.2. The van der Waals surface area contributed by atoms with Crippen molar-refractivity contribution in [2.45, 2.75) is 18.9 Å². The predicted molar refractivity (Wildman–Crippen MR) is 133 cm³/mol. The van der Waals surface area contributed by atoms with E-state index in [1.54, 1.807) is 27.7 Å². The standard InChI is InChI=1S/C24H19FN6O4S/c25-16-5-7-17(8-6-16)29-13-15(11-22(29)33)24-27-19-3-1-2-4-20(19)30(24)14-21(32)28-26-12-18-9-10-23(36-18)31(34)35/h1-10,12,15H,11,13-14H2,(H,28,32). The molecule has 1 N–H and O–H groups in total. The number of para-hydroxylation sites is 2. The molecule has 1 saturated heterocycles. The molecule has 0 spiro atoms. The SMILES string of the molecule is O=C(Cn1c(C2CC(=O)N(c3ccc(F)cc3)C2)nc2ccccc21)NN=Cc1ccc([N+](=O)[O-])s1. The Hall–Kier alpha value is -4.45. The number of hydrazone groups is 1. The molecule has 0 aliphatic carbocycles. The Kier molecular flexibility index (Phi) is 6.25. The van der Waals surface area contributed by atoms with Crippen molar-refractivity contribution in [2.75, 3.05) is 11.4 Å². The van der Waals surface area contributed by atoms with Crippen molar-refractivity contribution >= 4 is 51.1 Å². The summed E-state index contributed by atoms with van der Waals surface area (Å²) in [5.74, 6) is -0.569. The zero-order valence-electron chi connectivity index (χ0n) is 18.7. The molecule has 10 nitrogen and oxygen atoms in total. The number of nitrogens with one attached hydrogen (secondary N) is 1. The number of carbonyl (C=O) groups is 2. The van der Waals surface area contributed by atoms with Gasteiger partial charge in [-0.1, -0.05) is 23.5 Å². The van der Waals surface area contributed by atoms with Crippen molar-refractivity contribution in [1.29, 1.82) is 0 Å². The molecule has 1 aliphatic rings. The third kappa shape index (κ3) is 4.70. The Morgan fingerprint density at radius 3 is 2.75 bits per heavy atom. The first-order valence-electron chi connectivity index (χ1n) is 11.0. The molecule has 4 aromatic rings. The minimum atomic E-state index is -0.489. The van der Waals surface area contributed by atoms with Gasteiger partial charge in [-0.3, -0.25) is 19.7 Å². The summed E-state index contributed by atoms with van der Waals surface area (Å²) < 4.78 is 15.1. The van der Waals surface area contributed by atoms with Gasteiger partial charge in [0.25, 0.3) is 5.91 Å². The number of hydrogen-bond acceptors (Lipinski definition) is 7. The number of halogens is 1. The van der Waals surface area contributed by atoms with Crippen LogP contribution < -0.4 is 10.3 Å². The molecule has 1 unspecified atom stereocenters. The fraction of sp³-hybridized carbons (Fsp3) is 0.167. The molecule has 3 heterocycles. The van der Waals surface area contributed by atoms with E-state index in [-0.39, 0.29) is 35.6 Å². The van der Waals surface area contributed by atoms with Gasteiger partial charge in [0.05, 0.1) is 27.0 Å². The smallest absolute Gasteiger partial charge is 0.318 e. The van der Waals surface area contributed by atoms with E-state index < -0.39 is 10.8 Å². The summed E-state index contributed by atoms with van der Waals surface area (Å²) in [5.41, 5.74) is 4.49. The van der Waals surface area contributed by atoms with Crippen LogP contribution in [0.2, 0.25) is 0 Å². The lowest BCUT2D eigenvalue weighted by Gasteiger charge is -2.17. The summed E-state index contributed by atoms with van der Waals surface area (Å²) in [7, 11) is 0. The molecule has 36 heavy (non-hydrogen) atoms. The third-order valence-electron chi connectivity index (χ3n) is 5.79. The van der Waals surface area contributed by atoms with E-state index in [1.807, 2.05) is 24.3 Å². The summed E-state index contributed by atoms with van der Waals surface area (Å²) in [6.07, 6.45) is 1.55. The second-order valence-corrected chi connectivity index (χ2v) is 9.25. The van der Waals surface area contributed by atoms with Crippen molar-refractivity contribution in [1.82, 2.24) is 15.0 Å². The van der Waals surface area contributed by atoms with Crippen LogP contribution in [0.3, 0.4) is 0 Å². The maximum Gasteiger partial charge on any atom is 0.324 e. The number of fused-ring (bicyclic) bond motifs is 1.